The number of rotatable bonds is 5. The summed E-state index contributed by atoms with van der Waals surface area (Å²) in [7, 11) is 0. The van der Waals surface area contributed by atoms with E-state index in [9.17, 15) is 4.79 Å². The van der Waals surface area contributed by atoms with Crippen molar-refractivity contribution in [3.8, 4) is 0 Å². The number of carbonyl (C=O) groups excluding carboxylic acids is 1. The van der Waals surface area contributed by atoms with Gasteiger partial charge in [-0.25, -0.2) is 14.8 Å². The number of thioether (sulfide) groups is 1. The van der Waals surface area contributed by atoms with E-state index in [1.54, 1.807) is 6.92 Å². The second-order valence-corrected chi connectivity index (χ2v) is 4.82. The van der Waals surface area contributed by atoms with Crippen LogP contribution in [0.25, 0.3) is 0 Å². The maximum atomic E-state index is 11.9. The standard InChI is InChI=1S/C12H17N3O3S/c1-3-18-11(16)9-6-13-12(19-2)15-10(9)14-8-4-5-17-7-8/h6,8H,3-5,7H2,1-2H3,(H,13,14,15)/t8-/m1/s1. The van der Waals surface area contributed by atoms with Gasteiger partial charge in [-0.1, -0.05) is 11.8 Å². The number of anilines is 1. The van der Waals surface area contributed by atoms with Crippen LogP contribution in [0.5, 0.6) is 0 Å². The van der Waals surface area contributed by atoms with E-state index in [0.29, 0.717) is 29.8 Å². The number of esters is 1. The lowest BCUT2D eigenvalue weighted by molar-refractivity contribution is 0.0526. The average Bonchev–Trinajstić information content (AvgIpc) is 2.91. The number of hydrogen-bond donors (Lipinski definition) is 1. The Kier molecular flexibility index (Phi) is 4.98. The number of carbonyl (C=O) groups is 1. The topological polar surface area (TPSA) is 73.3 Å². The van der Waals surface area contributed by atoms with Crippen LogP contribution >= 0.6 is 11.8 Å². The fourth-order valence-electron chi connectivity index (χ4n) is 1.77. The molecule has 0 aromatic carbocycles. The molecule has 1 aromatic rings. The van der Waals surface area contributed by atoms with E-state index in [0.717, 1.165) is 13.0 Å². The molecular formula is C12H17N3O3S. The normalized spacial score (nSPS) is 18.3. The van der Waals surface area contributed by atoms with Crippen LogP contribution < -0.4 is 5.32 Å². The summed E-state index contributed by atoms with van der Waals surface area (Å²) in [5.41, 5.74) is 0.367. The second-order valence-electron chi connectivity index (χ2n) is 4.04. The molecule has 0 radical (unpaired) electrons. The second kappa shape index (κ2) is 6.72. The number of ether oxygens (including phenoxy) is 2. The number of hydrogen-bond acceptors (Lipinski definition) is 7. The van der Waals surface area contributed by atoms with Crippen molar-refractivity contribution in [1.82, 2.24) is 9.97 Å². The van der Waals surface area contributed by atoms with E-state index < -0.39 is 5.97 Å². The van der Waals surface area contributed by atoms with Crippen molar-refractivity contribution in [2.45, 2.75) is 24.5 Å². The molecule has 1 fully saturated rings. The van der Waals surface area contributed by atoms with Gasteiger partial charge in [0.2, 0.25) is 0 Å². The molecule has 0 bridgehead atoms. The van der Waals surface area contributed by atoms with E-state index in [4.69, 9.17) is 9.47 Å². The maximum Gasteiger partial charge on any atom is 0.343 e. The Hall–Kier alpha value is -1.34. The SMILES string of the molecule is CCOC(=O)c1cnc(SC)nc1N[C@@H]1CCOC1. The van der Waals surface area contributed by atoms with Crippen LogP contribution in [0.4, 0.5) is 5.82 Å². The smallest absolute Gasteiger partial charge is 0.343 e. The lowest BCUT2D eigenvalue weighted by Gasteiger charge is -2.14. The molecule has 6 nitrogen and oxygen atoms in total. The van der Waals surface area contributed by atoms with Crippen LogP contribution in [0.15, 0.2) is 11.4 Å². The van der Waals surface area contributed by atoms with Crippen LogP contribution in [-0.2, 0) is 9.47 Å². The Labute approximate surface area is 116 Å². The third-order valence-electron chi connectivity index (χ3n) is 2.72. The van der Waals surface area contributed by atoms with Crippen molar-refractivity contribution < 1.29 is 14.3 Å². The third kappa shape index (κ3) is 3.57. The highest BCUT2D eigenvalue weighted by molar-refractivity contribution is 7.98. The van der Waals surface area contributed by atoms with Crippen molar-refractivity contribution in [2.24, 2.45) is 0 Å². The molecule has 1 aromatic heterocycles. The first-order chi connectivity index (χ1) is 9.24. The monoisotopic (exact) mass is 283 g/mol. The van der Waals surface area contributed by atoms with Crippen molar-refractivity contribution >= 4 is 23.5 Å². The minimum Gasteiger partial charge on any atom is -0.462 e. The third-order valence-corrected chi connectivity index (χ3v) is 3.28. The van der Waals surface area contributed by atoms with Crippen LogP contribution in [-0.4, -0.2) is 48.1 Å². The van der Waals surface area contributed by atoms with Crippen molar-refractivity contribution in [1.29, 1.82) is 0 Å². The molecule has 2 rings (SSSR count). The van der Waals surface area contributed by atoms with Gasteiger partial charge in [0, 0.05) is 12.8 Å². The summed E-state index contributed by atoms with van der Waals surface area (Å²) in [5, 5.41) is 3.85. The van der Waals surface area contributed by atoms with Gasteiger partial charge < -0.3 is 14.8 Å². The van der Waals surface area contributed by atoms with Gasteiger partial charge in [-0.05, 0) is 19.6 Å². The fourth-order valence-corrected chi connectivity index (χ4v) is 2.11. The summed E-state index contributed by atoms with van der Waals surface area (Å²) >= 11 is 1.43. The van der Waals surface area contributed by atoms with E-state index >= 15 is 0 Å². The molecule has 7 heteroatoms. The van der Waals surface area contributed by atoms with Gasteiger partial charge in [0.05, 0.1) is 19.3 Å². The van der Waals surface area contributed by atoms with Gasteiger partial charge in [0.25, 0.3) is 0 Å². The zero-order valence-electron chi connectivity index (χ0n) is 11.0. The zero-order valence-corrected chi connectivity index (χ0v) is 11.8. The number of nitrogens with zero attached hydrogens (tertiary/aromatic N) is 2. The molecule has 0 amide bonds. The van der Waals surface area contributed by atoms with Gasteiger partial charge in [0.1, 0.15) is 11.4 Å². The van der Waals surface area contributed by atoms with Crippen LogP contribution in [0.2, 0.25) is 0 Å². The van der Waals surface area contributed by atoms with E-state index in [1.165, 1.54) is 18.0 Å². The molecule has 1 aliphatic rings. The Morgan fingerprint density at radius 3 is 3.16 bits per heavy atom. The predicted octanol–water partition coefficient (Wildman–Crippen LogP) is 1.58. The molecule has 1 saturated heterocycles. The highest BCUT2D eigenvalue weighted by Gasteiger charge is 2.21. The average molecular weight is 283 g/mol. The van der Waals surface area contributed by atoms with Crippen molar-refractivity contribution in [2.75, 3.05) is 31.4 Å². The Balaban J connectivity index is 2.22. The summed E-state index contributed by atoms with van der Waals surface area (Å²) in [4.78, 5) is 20.3. The highest BCUT2D eigenvalue weighted by Crippen LogP contribution is 2.20. The lowest BCUT2D eigenvalue weighted by Crippen LogP contribution is -2.22. The first kappa shape index (κ1) is 14.1. The molecule has 0 saturated carbocycles. The first-order valence-corrected chi connectivity index (χ1v) is 7.39. The predicted molar refractivity (Wildman–Crippen MR) is 72.6 cm³/mol. The number of aromatic nitrogens is 2. The summed E-state index contributed by atoms with van der Waals surface area (Å²) in [6.07, 6.45) is 4.30. The fraction of sp³-hybridized carbons (Fsp3) is 0.583. The van der Waals surface area contributed by atoms with E-state index in [2.05, 4.69) is 15.3 Å². The Morgan fingerprint density at radius 2 is 2.53 bits per heavy atom. The summed E-state index contributed by atoms with van der Waals surface area (Å²) in [6.45, 7) is 3.45. The van der Waals surface area contributed by atoms with E-state index in [1.807, 2.05) is 6.26 Å². The Morgan fingerprint density at radius 1 is 1.68 bits per heavy atom. The largest absolute Gasteiger partial charge is 0.462 e. The van der Waals surface area contributed by atoms with Crippen LogP contribution in [0, 0.1) is 0 Å². The molecule has 19 heavy (non-hydrogen) atoms. The van der Waals surface area contributed by atoms with E-state index in [-0.39, 0.29) is 6.04 Å². The van der Waals surface area contributed by atoms with Gasteiger partial charge in [-0.3, -0.25) is 0 Å². The highest BCUT2D eigenvalue weighted by atomic mass is 32.2. The molecule has 104 valence electrons. The van der Waals surface area contributed by atoms with Crippen LogP contribution in [0.3, 0.4) is 0 Å². The molecule has 0 unspecified atom stereocenters. The molecule has 2 heterocycles. The maximum absolute atomic E-state index is 11.9. The molecule has 1 N–H and O–H groups in total. The van der Waals surface area contributed by atoms with Gasteiger partial charge >= 0.3 is 5.97 Å². The quantitative estimate of drug-likeness (QED) is 0.499. The Bertz CT molecular complexity index is 450. The molecule has 0 spiro atoms. The molecule has 1 aliphatic heterocycles. The van der Waals surface area contributed by atoms with Gasteiger partial charge in [0.15, 0.2) is 5.16 Å². The molecular weight excluding hydrogens is 266 g/mol. The zero-order chi connectivity index (χ0) is 13.7. The van der Waals surface area contributed by atoms with Crippen molar-refractivity contribution in [3.63, 3.8) is 0 Å². The summed E-state index contributed by atoms with van der Waals surface area (Å²) in [5.74, 6) is 0.116. The van der Waals surface area contributed by atoms with Gasteiger partial charge in [-0.15, -0.1) is 0 Å². The molecule has 1 atom stereocenters. The minimum atomic E-state index is -0.406. The lowest BCUT2D eigenvalue weighted by atomic mass is 10.2. The number of nitrogens with one attached hydrogen (secondary N) is 1. The van der Waals surface area contributed by atoms with Gasteiger partial charge in [-0.2, -0.15) is 0 Å². The summed E-state index contributed by atoms with van der Waals surface area (Å²) in [6, 6.07) is 0.179. The molecule has 0 aliphatic carbocycles. The minimum absolute atomic E-state index is 0.179. The van der Waals surface area contributed by atoms with Crippen molar-refractivity contribution in [3.05, 3.63) is 11.8 Å². The first-order valence-electron chi connectivity index (χ1n) is 6.17. The van der Waals surface area contributed by atoms with Crippen LogP contribution in [0.1, 0.15) is 23.7 Å². The summed E-state index contributed by atoms with van der Waals surface area (Å²) < 4.78 is 10.3.